The van der Waals surface area contributed by atoms with Crippen LogP contribution in [-0.4, -0.2) is 73.2 Å². The lowest BCUT2D eigenvalue weighted by molar-refractivity contribution is -0.120. The van der Waals surface area contributed by atoms with Crippen LogP contribution in [0.5, 0.6) is 23.0 Å². The number of hydrogen-bond acceptors (Lipinski definition) is 9. The Morgan fingerprint density at radius 2 is 1.47 bits per heavy atom. The smallest absolute Gasteiger partial charge is 0.340 e. The number of rotatable bonds is 9. The Hall–Kier alpha value is -3.51. The number of methoxy groups -OCH3 is 5. The molecular formula is C24H30N2O9S. The molecule has 0 aliphatic carbocycles. The molecule has 196 valence electrons. The molecule has 1 aliphatic rings. The lowest BCUT2D eigenvalue weighted by Gasteiger charge is -2.31. The number of benzene rings is 2. The van der Waals surface area contributed by atoms with Crippen LogP contribution < -0.4 is 24.3 Å². The number of hydrogen-bond donors (Lipinski definition) is 1. The number of ether oxygens (including phenoxy) is 5. The van der Waals surface area contributed by atoms with E-state index >= 15 is 0 Å². The highest BCUT2D eigenvalue weighted by Gasteiger charge is 2.34. The van der Waals surface area contributed by atoms with E-state index in [1.165, 1.54) is 64.1 Å². The first-order chi connectivity index (χ1) is 17.2. The van der Waals surface area contributed by atoms with Crippen molar-refractivity contribution in [2.24, 2.45) is 5.92 Å². The van der Waals surface area contributed by atoms with E-state index in [-0.39, 0.29) is 53.7 Å². The van der Waals surface area contributed by atoms with E-state index in [4.69, 9.17) is 23.7 Å². The van der Waals surface area contributed by atoms with Crippen molar-refractivity contribution >= 4 is 27.6 Å². The number of carbonyl (C=O) groups excluding carboxylic acids is 2. The van der Waals surface area contributed by atoms with Gasteiger partial charge in [-0.25, -0.2) is 13.2 Å². The third-order valence-corrected chi connectivity index (χ3v) is 7.92. The summed E-state index contributed by atoms with van der Waals surface area (Å²) < 4.78 is 53.7. The fourth-order valence-electron chi connectivity index (χ4n) is 3.98. The molecule has 0 radical (unpaired) electrons. The Morgan fingerprint density at radius 3 is 2.03 bits per heavy atom. The Labute approximate surface area is 210 Å². The Morgan fingerprint density at radius 1 is 0.861 bits per heavy atom. The summed E-state index contributed by atoms with van der Waals surface area (Å²) in [4.78, 5) is 25.3. The van der Waals surface area contributed by atoms with Crippen molar-refractivity contribution in [3.63, 3.8) is 0 Å². The third kappa shape index (κ3) is 5.49. The maximum atomic E-state index is 13.3. The Balaban J connectivity index is 1.76. The Bertz CT molecular complexity index is 1220. The quantitative estimate of drug-likeness (QED) is 0.494. The number of piperidine rings is 1. The van der Waals surface area contributed by atoms with Crippen molar-refractivity contribution in [3.8, 4) is 23.0 Å². The van der Waals surface area contributed by atoms with E-state index in [0.29, 0.717) is 17.2 Å². The van der Waals surface area contributed by atoms with Gasteiger partial charge < -0.3 is 29.0 Å². The van der Waals surface area contributed by atoms with Gasteiger partial charge in [0.1, 0.15) is 16.4 Å². The maximum absolute atomic E-state index is 13.3. The van der Waals surface area contributed by atoms with Crippen LogP contribution >= 0.6 is 0 Å². The summed E-state index contributed by atoms with van der Waals surface area (Å²) in [5.74, 6) is -0.236. The zero-order valence-electron chi connectivity index (χ0n) is 20.8. The molecule has 1 saturated heterocycles. The minimum atomic E-state index is -3.88. The summed E-state index contributed by atoms with van der Waals surface area (Å²) in [6.07, 6.45) is 0.580. The average Bonchev–Trinajstić information content (AvgIpc) is 2.91. The standard InChI is InChI=1S/C24H30N2O9S/c1-31-16-6-7-19(32-2)22(12-16)36(29,30)26-10-8-15(9-11-26)23(27)25-18-14-21(34-4)20(33-3)13-17(18)24(28)35-5/h6-7,12-15H,8-11H2,1-5H3,(H,25,27). The van der Waals surface area contributed by atoms with Gasteiger partial charge in [0.25, 0.3) is 0 Å². The number of amides is 1. The molecule has 2 aromatic carbocycles. The van der Waals surface area contributed by atoms with Gasteiger partial charge in [-0.15, -0.1) is 0 Å². The van der Waals surface area contributed by atoms with Crippen LogP contribution in [0.4, 0.5) is 5.69 Å². The van der Waals surface area contributed by atoms with Crippen molar-refractivity contribution in [3.05, 3.63) is 35.9 Å². The van der Waals surface area contributed by atoms with Crippen LogP contribution in [0.15, 0.2) is 35.2 Å². The molecule has 0 atom stereocenters. The zero-order chi connectivity index (χ0) is 26.5. The highest BCUT2D eigenvalue weighted by molar-refractivity contribution is 7.89. The van der Waals surface area contributed by atoms with Crippen LogP contribution in [0.3, 0.4) is 0 Å². The van der Waals surface area contributed by atoms with E-state index in [1.54, 1.807) is 6.07 Å². The van der Waals surface area contributed by atoms with Gasteiger partial charge >= 0.3 is 5.97 Å². The van der Waals surface area contributed by atoms with Gasteiger partial charge in [-0.2, -0.15) is 4.31 Å². The van der Waals surface area contributed by atoms with E-state index in [1.807, 2.05) is 0 Å². The molecule has 36 heavy (non-hydrogen) atoms. The second kappa shape index (κ2) is 11.5. The first-order valence-corrected chi connectivity index (χ1v) is 12.5. The molecule has 0 aromatic heterocycles. The number of nitrogens with one attached hydrogen (secondary N) is 1. The monoisotopic (exact) mass is 522 g/mol. The summed E-state index contributed by atoms with van der Waals surface area (Å²) in [5.41, 5.74) is 0.314. The van der Waals surface area contributed by atoms with E-state index in [9.17, 15) is 18.0 Å². The molecular weight excluding hydrogens is 492 g/mol. The number of sulfonamides is 1. The normalized spacial score (nSPS) is 14.6. The molecule has 1 N–H and O–H groups in total. The van der Waals surface area contributed by atoms with Gasteiger partial charge in [0.05, 0.1) is 46.8 Å². The van der Waals surface area contributed by atoms with Gasteiger partial charge in [-0.1, -0.05) is 0 Å². The molecule has 2 aromatic rings. The summed E-state index contributed by atoms with van der Waals surface area (Å²) in [5, 5.41) is 2.76. The molecule has 0 bridgehead atoms. The van der Waals surface area contributed by atoms with Gasteiger partial charge in [-0.3, -0.25) is 4.79 Å². The van der Waals surface area contributed by atoms with Gasteiger partial charge in [0, 0.05) is 37.2 Å². The first kappa shape index (κ1) is 27.1. The average molecular weight is 523 g/mol. The molecule has 0 saturated carbocycles. The van der Waals surface area contributed by atoms with E-state index in [2.05, 4.69) is 5.32 Å². The van der Waals surface area contributed by atoms with Crippen molar-refractivity contribution in [1.29, 1.82) is 0 Å². The van der Waals surface area contributed by atoms with Crippen molar-refractivity contribution in [2.75, 3.05) is 54.0 Å². The predicted molar refractivity (Wildman–Crippen MR) is 131 cm³/mol. The number of anilines is 1. The summed E-state index contributed by atoms with van der Waals surface area (Å²) in [7, 11) is 3.07. The topological polar surface area (TPSA) is 130 Å². The summed E-state index contributed by atoms with van der Waals surface area (Å²) in [6, 6.07) is 7.48. The van der Waals surface area contributed by atoms with E-state index in [0.717, 1.165) is 0 Å². The van der Waals surface area contributed by atoms with Crippen LogP contribution in [-0.2, 0) is 19.6 Å². The molecule has 3 rings (SSSR count). The first-order valence-electron chi connectivity index (χ1n) is 11.1. The fourth-order valence-corrected chi connectivity index (χ4v) is 5.62. The molecule has 0 spiro atoms. The second-order valence-corrected chi connectivity index (χ2v) is 9.84. The number of esters is 1. The highest BCUT2D eigenvalue weighted by atomic mass is 32.2. The Kier molecular flexibility index (Phi) is 8.64. The molecule has 1 amide bonds. The highest BCUT2D eigenvalue weighted by Crippen LogP contribution is 2.35. The molecule has 11 nitrogen and oxygen atoms in total. The van der Waals surface area contributed by atoms with Crippen molar-refractivity contribution in [1.82, 2.24) is 4.31 Å². The fraction of sp³-hybridized carbons (Fsp3) is 0.417. The predicted octanol–water partition coefficient (Wildman–Crippen LogP) is 2.55. The summed E-state index contributed by atoms with van der Waals surface area (Å²) >= 11 is 0. The minimum absolute atomic E-state index is 0.000277. The maximum Gasteiger partial charge on any atom is 0.340 e. The largest absolute Gasteiger partial charge is 0.497 e. The molecule has 1 aliphatic heterocycles. The van der Waals surface area contributed by atoms with E-state index < -0.39 is 21.9 Å². The van der Waals surface area contributed by atoms with Gasteiger partial charge in [0.15, 0.2) is 11.5 Å². The number of carbonyl (C=O) groups is 2. The molecule has 0 unspecified atom stereocenters. The van der Waals surface area contributed by atoms with Crippen molar-refractivity contribution < 1.29 is 41.7 Å². The van der Waals surface area contributed by atoms with Gasteiger partial charge in [0.2, 0.25) is 15.9 Å². The van der Waals surface area contributed by atoms with Crippen LogP contribution in [0.1, 0.15) is 23.2 Å². The third-order valence-electron chi connectivity index (χ3n) is 6.00. The zero-order valence-corrected chi connectivity index (χ0v) is 21.6. The van der Waals surface area contributed by atoms with Crippen molar-refractivity contribution in [2.45, 2.75) is 17.7 Å². The minimum Gasteiger partial charge on any atom is -0.497 e. The molecule has 12 heteroatoms. The molecule has 1 heterocycles. The summed E-state index contributed by atoms with van der Waals surface area (Å²) in [6.45, 7) is 0.271. The number of nitrogens with zero attached hydrogens (tertiary/aromatic N) is 1. The molecule has 1 fully saturated rings. The lowest BCUT2D eigenvalue weighted by Crippen LogP contribution is -2.41. The second-order valence-electron chi connectivity index (χ2n) is 7.93. The lowest BCUT2D eigenvalue weighted by atomic mass is 9.97. The van der Waals surface area contributed by atoms with Gasteiger partial charge in [-0.05, 0) is 25.0 Å². The van der Waals surface area contributed by atoms with Crippen LogP contribution in [0.25, 0.3) is 0 Å². The van der Waals surface area contributed by atoms with Crippen LogP contribution in [0, 0.1) is 5.92 Å². The van der Waals surface area contributed by atoms with Crippen LogP contribution in [0.2, 0.25) is 0 Å². The SMILES string of the molecule is COC(=O)c1cc(OC)c(OC)cc1NC(=O)C1CCN(S(=O)(=O)c2cc(OC)ccc2OC)CC1.